The molecule has 2 saturated carbocycles. The number of carbonyl (C=O) groups is 2. The lowest BCUT2D eigenvalue weighted by Gasteiger charge is -2.31. The van der Waals surface area contributed by atoms with Crippen molar-refractivity contribution < 1.29 is 28.2 Å². The van der Waals surface area contributed by atoms with Crippen molar-refractivity contribution in [3.05, 3.63) is 30.0 Å². The Morgan fingerprint density at radius 3 is 2.59 bits per heavy atom. The Bertz CT molecular complexity index is 1240. The minimum absolute atomic E-state index is 0.0686. The van der Waals surface area contributed by atoms with Gasteiger partial charge in [-0.1, -0.05) is 31.7 Å². The average Bonchev–Trinajstić information content (AvgIpc) is 3.45. The molecular weight excluding hydrogens is 510 g/mol. The molecule has 39 heavy (non-hydrogen) atoms. The minimum atomic E-state index is -3.58. The summed E-state index contributed by atoms with van der Waals surface area (Å²) in [6.07, 6.45) is 7.16. The van der Waals surface area contributed by atoms with Gasteiger partial charge < -0.3 is 30.3 Å². The van der Waals surface area contributed by atoms with E-state index in [0.717, 1.165) is 43.4 Å². The van der Waals surface area contributed by atoms with E-state index >= 15 is 0 Å². The number of aromatic nitrogens is 2. The zero-order valence-corrected chi connectivity index (χ0v) is 22.1. The number of aliphatic hydroxyl groups is 1. The number of hydrogen-bond acceptors (Lipinski definition) is 8. The topological polar surface area (TPSA) is 120 Å². The van der Waals surface area contributed by atoms with Gasteiger partial charge in [0.1, 0.15) is 11.4 Å². The number of para-hydroxylation sites is 1. The van der Waals surface area contributed by atoms with Gasteiger partial charge in [0.15, 0.2) is 5.82 Å². The van der Waals surface area contributed by atoms with E-state index in [4.69, 9.17) is 4.74 Å². The highest BCUT2D eigenvalue weighted by Crippen LogP contribution is 2.40. The number of carbonyl (C=O) groups excluding carboxylic acids is 2. The van der Waals surface area contributed by atoms with E-state index in [-0.39, 0.29) is 35.1 Å². The number of halogens is 2. The van der Waals surface area contributed by atoms with E-state index in [0.29, 0.717) is 24.3 Å². The van der Waals surface area contributed by atoms with Gasteiger partial charge in [-0.05, 0) is 37.8 Å². The maximum absolute atomic E-state index is 14.9. The van der Waals surface area contributed by atoms with Crippen molar-refractivity contribution in [2.24, 2.45) is 0 Å². The molecule has 2 heterocycles. The lowest BCUT2D eigenvalue weighted by Crippen LogP contribution is -2.48. The summed E-state index contributed by atoms with van der Waals surface area (Å²) < 4.78 is 35.3. The van der Waals surface area contributed by atoms with Crippen LogP contribution in [0.3, 0.4) is 0 Å². The number of rotatable bonds is 6. The van der Waals surface area contributed by atoms with Crippen LogP contribution in [0.1, 0.15) is 61.7 Å². The number of ether oxygens (including phenoxy) is 1. The van der Waals surface area contributed by atoms with Crippen LogP contribution in [0, 0.1) is 0 Å². The SMILES string of the molecule is COc1cccc(C(=O)N[C@H]2CCCC[C@@H]2O)c1Nc1ncc2c(n1)N(C1CCCC1)CC(F)(F)C(=O)N2C. The van der Waals surface area contributed by atoms with Gasteiger partial charge in [0.25, 0.3) is 11.8 Å². The van der Waals surface area contributed by atoms with Crippen LogP contribution < -0.4 is 25.2 Å². The third-order valence-corrected chi connectivity index (χ3v) is 7.91. The number of methoxy groups -OCH3 is 1. The van der Waals surface area contributed by atoms with Crippen LogP contribution in [0.25, 0.3) is 0 Å². The van der Waals surface area contributed by atoms with Crippen LogP contribution in [0.15, 0.2) is 24.4 Å². The van der Waals surface area contributed by atoms with Crippen molar-refractivity contribution in [1.82, 2.24) is 15.3 Å². The zero-order valence-electron chi connectivity index (χ0n) is 22.1. The second-order valence-corrected chi connectivity index (χ2v) is 10.5. The summed E-state index contributed by atoms with van der Waals surface area (Å²) in [5, 5.41) is 16.3. The summed E-state index contributed by atoms with van der Waals surface area (Å²) in [5.41, 5.74) is 0.759. The normalized spacial score (nSPS) is 23.3. The number of fused-ring (bicyclic) bond motifs is 1. The molecule has 1 aromatic heterocycles. The smallest absolute Gasteiger partial charge is 0.342 e. The van der Waals surface area contributed by atoms with E-state index in [2.05, 4.69) is 20.6 Å². The zero-order chi connectivity index (χ0) is 27.7. The van der Waals surface area contributed by atoms with Crippen molar-refractivity contribution in [1.29, 1.82) is 0 Å². The third-order valence-electron chi connectivity index (χ3n) is 7.91. The summed E-state index contributed by atoms with van der Waals surface area (Å²) in [6.45, 7) is -0.768. The van der Waals surface area contributed by atoms with Crippen molar-refractivity contribution in [2.45, 2.75) is 75.5 Å². The molecule has 0 unspecified atom stereocenters. The van der Waals surface area contributed by atoms with Crippen LogP contribution in [0.4, 0.5) is 31.9 Å². The van der Waals surface area contributed by atoms with Gasteiger partial charge in [0.2, 0.25) is 5.95 Å². The molecule has 0 bridgehead atoms. The first-order valence-corrected chi connectivity index (χ1v) is 13.4. The highest BCUT2D eigenvalue weighted by atomic mass is 19.3. The molecule has 2 aromatic rings. The molecule has 210 valence electrons. The van der Waals surface area contributed by atoms with Gasteiger partial charge in [-0.25, -0.2) is 4.98 Å². The summed E-state index contributed by atoms with van der Waals surface area (Å²) in [4.78, 5) is 37.2. The first kappa shape index (κ1) is 27.0. The molecule has 2 aliphatic carbocycles. The Hall–Kier alpha value is -3.54. The molecule has 1 aromatic carbocycles. The lowest BCUT2D eigenvalue weighted by atomic mass is 9.92. The van der Waals surface area contributed by atoms with Gasteiger partial charge in [0.05, 0.1) is 43.2 Å². The molecule has 3 N–H and O–H groups in total. The molecule has 2 amide bonds. The quantitative estimate of drug-likeness (QED) is 0.505. The van der Waals surface area contributed by atoms with Crippen LogP contribution >= 0.6 is 0 Å². The van der Waals surface area contributed by atoms with E-state index in [1.165, 1.54) is 25.3 Å². The lowest BCUT2D eigenvalue weighted by molar-refractivity contribution is -0.140. The Kier molecular flexibility index (Phi) is 7.57. The number of nitrogens with zero attached hydrogens (tertiary/aromatic N) is 4. The number of benzene rings is 1. The van der Waals surface area contributed by atoms with E-state index in [1.54, 1.807) is 18.2 Å². The molecule has 10 nitrogen and oxygen atoms in total. The van der Waals surface area contributed by atoms with Gasteiger partial charge in [-0.15, -0.1) is 0 Å². The van der Waals surface area contributed by atoms with Gasteiger partial charge in [0, 0.05) is 13.1 Å². The fraction of sp³-hybridized carbons (Fsp3) is 0.556. The van der Waals surface area contributed by atoms with Gasteiger partial charge in [-0.2, -0.15) is 13.8 Å². The van der Waals surface area contributed by atoms with Crippen LogP contribution in [0.2, 0.25) is 0 Å². The highest BCUT2D eigenvalue weighted by Gasteiger charge is 2.48. The first-order chi connectivity index (χ1) is 18.7. The Labute approximate surface area is 225 Å². The van der Waals surface area contributed by atoms with Crippen LogP contribution in [-0.2, 0) is 4.79 Å². The second-order valence-electron chi connectivity index (χ2n) is 10.5. The van der Waals surface area contributed by atoms with Gasteiger partial charge in [-0.3, -0.25) is 9.59 Å². The Morgan fingerprint density at radius 1 is 1.15 bits per heavy atom. The summed E-state index contributed by atoms with van der Waals surface area (Å²) in [5.74, 6) is -4.62. The number of amides is 2. The summed E-state index contributed by atoms with van der Waals surface area (Å²) in [7, 11) is 2.77. The van der Waals surface area contributed by atoms with E-state index < -0.39 is 30.4 Å². The number of aliphatic hydroxyl groups excluding tert-OH is 1. The Morgan fingerprint density at radius 2 is 1.87 bits per heavy atom. The molecule has 0 radical (unpaired) electrons. The largest absolute Gasteiger partial charge is 0.495 e. The fourth-order valence-corrected chi connectivity index (χ4v) is 5.76. The molecule has 0 saturated heterocycles. The first-order valence-electron chi connectivity index (χ1n) is 13.4. The van der Waals surface area contributed by atoms with Gasteiger partial charge >= 0.3 is 5.92 Å². The molecule has 3 aliphatic rings. The number of anilines is 4. The summed E-state index contributed by atoms with van der Waals surface area (Å²) >= 11 is 0. The predicted molar refractivity (Wildman–Crippen MR) is 142 cm³/mol. The Balaban J connectivity index is 1.50. The molecule has 12 heteroatoms. The molecule has 2 fully saturated rings. The van der Waals surface area contributed by atoms with Crippen molar-refractivity contribution in [3.8, 4) is 5.75 Å². The second kappa shape index (κ2) is 10.9. The molecule has 2 atom stereocenters. The fourth-order valence-electron chi connectivity index (χ4n) is 5.76. The monoisotopic (exact) mass is 544 g/mol. The van der Waals surface area contributed by atoms with E-state index in [9.17, 15) is 23.5 Å². The standard InChI is InChI=1S/C27H34F2N6O4/c1-34-19-14-30-26(33-23(19)35(16-8-3-4-9-16)15-27(28,29)25(34)38)32-22-17(10-7-13-21(22)39-2)24(37)31-18-11-5-6-12-20(18)36/h7,10,13-14,16,18,20,36H,3-6,8-9,11-12,15H2,1-2H3,(H,31,37)(H,30,32,33)/t18-,20-/m0/s1. The van der Waals surface area contributed by atoms with Crippen molar-refractivity contribution in [3.63, 3.8) is 0 Å². The maximum Gasteiger partial charge on any atom is 0.342 e. The molecular formula is C27H34F2N6O4. The highest BCUT2D eigenvalue weighted by molar-refractivity contribution is 6.03. The number of alkyl halides is 2. The number of nitrogens with one attached hydrogen (secondary N) is 2. The van der Waals surface area contributed by atoms with Crippen molar-refractivity contribution >= 4 is 35.0 Å². The maximum atomic E-state index is 14.9. The average molecular weight is 545 g/mol. The summed E-state index contributed by atoms with van der Waals surface area (Å²) in [6, 6.07) is 4.44. The molecule has 5 rings (SSSR count). The predicted octanol–water partition coefficient (Wildman–Crippen LogP) is 3.62. The van der Waals surface area contributed by atoms with Crippen LogP contribution in [0.5, 0.6) is 5.75 Å². The molecule has 1 aliphatic heterocycles. The van der Waals surface area contributed by atoms with Crippen LogP contribution in [-0.4, -0.2) is 71.7 Å². The molecule has 0 spiro atoms. The third kappa shape index (κ3) is 5.34. The van der Waals surface area contributed by atoms with E-state index in [1.807, 2.05) is 0 Å². The number of hydrogen-bond donors (Lipinski definition) is 3. The minimum Gasteiger partial charge on any atom is -0.495 e. The van der Waals surface area contributed by atoms with Crippen molar-refractivity contribution in [2.75, 3.05) is 35.8 Å².